The fourth-order valence-corrected chi connectivity index (χ4v) is 4.48. The molecule has 2 aromatic heterocycles. The lowest BCUT2D eigenvalue weighted by molar-refractivity contribution is 0.167. The van der Waals surface area contributed by atoms with Gasteiger partial charge in [0, 0.05) is 42.0 Å². The molecular formula is C22H22FN5O. The summed E-state index contributed by atoms with van der Waals surface area (Å²) in [6, 6.07) is 9.23. The number of nitrogens with zero attached hydrogens (tertiary/aromatic N) is 4. The number of aromatic nitrogens is 4. The third-order valence-corrected chi connectivity index (χ3v) is 6.08. The van der Waals surface area contributed by atoms with Gasteiger partial charge in [0.25, 0.3) is 0 Å². The van der Waals surface area contributed by atoms with Crippen molar-refractivity contribution in [1.29, 1.82) is 0 Å². The first-order valence-corrected chi connectivity index (χ1v) is 9.85. The van der Waals surface area contributed by atoms with Crippen LogP contribution in [0.25, 0.3) is 22.5 Å². The molecule has 1 aromatic carbocycles. The van der Waals surface area contributed by atoms with Crippen LogP contribution < -0.4 is 5.32 Å². The molecule has 29 heavy (non-hydrogen) atoms. The van der Waals surface area contributed by atoms with E-state index in [1.165, 1.54) is 0 Å². The number of rotatable bonds is 4. The fraction of sp³-hybridized carbons (Fsp3) is 0.318. The Morgan fingerprint density at radius 2 is 2.10 bits per heavy atom. The van der Waals surface area contributed by atoms with Gasteiger partial charge in [-0.15, -0.1) is 5.10 Å². The quantitative estimate of drug-likeness (QED) is 0.712. The normalized spacial score (nSPS) is 25.8. The predicted octanol–water partition coefficient (Wildman–Crippen LogP) is 3.53. The molecule has 7 heteroatoms. The molecule has 2 bridgehead atoms. The van der Waals surface area contributed by atoms with Gasteiger partial charge in [-0.3, -0.25) is 0 Å². The topological polar surface area (TPSA) is 75.9 Å². The Balaban J connectivity index is 1.37. The summed E-state index contributed by atoms with van der Waals surface area (Å²) in [7, 11) is 0. The minimum atomic E-state index is -0.942. The van der Waals surface area contributed by atoms with Crippen LogP contribution in [0.4, 0.5) is 4.39 Å². The zero-order chi connectivity index (χ0) is 20.0. The van der Waals surface area contributed by atoms with Crippen LogP contribution in [0.2, 0.25) is 0 Å². The molecule has 0 amide bonds. The largest absolute Gasteiger partial charge is 0.507 e. The van der Waals surface area contributed by atoms with Gasteiger partial charge >= 0.3 is 0 Å². The molecule has 0 aliphatic carbocycles. The molecule has 2 saturated heterocycles. The summed E-state index contributed by atoms with van der Waals surface area (Å²) in [5.41, 5.74) is 3.25. The molecule has 5 rings (SSSR count). The van der Waals surface area contributed by atoms with Gasteiger partial charge in [-0.25, -0.2) is 9.37 Å². The Bertz CT molecular complexity index is 1030. The summed E-state index contributed by atoms with van der Waals surface area (Å²) in [6.45, 7) is 4.13. The van der Waals surface area contributed by atoms with Crippen molar-refractivity contribution in [3.8, 4) is 22.7 Å². The Labute approximate surface area is 168 Å². The molecule has 2 fully saturated rings. The van der Waals surface area contributed by atoms with E-state index in [0.29, 0.717) is 28.6 Å². The van der Waals surface area contributed by atoms with E-state index in [0.717, 1.165) is 24.9 Å². The molecule has 4 heterocycles. The Morgan fingerprint density at radius 3 is 2.83 bits per heavy atom. The van der Waals surface area contributed by atoms with Gasteiger partial charge in [0.1, 0.15) is 11.9 Å². The number of alkyl halides is 1. The molecule has 4 atom stereocenters. The van der Waals surface area contributed by atoms with Gasteiger partial charge in [0.2, 0.25) is 0 Å². The Morgan fingerprint density at radius 1 is 1.21 bits per heavy atom. The molecule has 2 aliphatic rings. The van der Waals surface area contributed by atoms with Crippen molar-refractivity contribution in [2.75, 3.05) is 0 Å². The van der Waals surface area contributed by atoms with Crippen LogP contribution in [-0.4, -0.2) is 43.1 Å². The second-order valence-corrected chi connectivity index (χ2v) is 7.83. The molecule has 0 saturated carbocycles. The van der Waals surface area contributed by atoms with Gasteiger partial charge in [-0.05, 0) is 49.1 Å². The van der Waals surface area contributed by atoms with E-state index < -0.39 is 6.17 Å². The number of phenols is 1. The highest BCUT2D eigenvalue weighted by atomic mass is 19.1. The van der Waals surface area contributed by atoms with Gasteiger partial charge in [-0.1, -0.05) is 6.58 Å². The summed E-state index contributed by atoms with van der Waals surface area (Å²) in [5.74, 6) is -0.118. The Hall–Kier alpha value is -3.06. The summed E-state index contributed by atoms with van der Waals surface area (Å²) in [4.78, 5) is 4.01. The molecule has 0 radical (unpaired) electrons. The molecule has 148 valence electrons. The number of hydrogen-bond acceptors (Lipinski definition) is 5. The van der Waals surface area contributed by atoms with Crippen molar-refractivity contribution in [2.24, 2.45) is 5.92 Å². The number of imidazole rings is 1. The lowest BCUT2D eigenvalue weighted by Crippen LogP contribution is -2.47. The molecule has 0 spiro atoms. The third-order valence-electron chi connectivity index (χ3n) is 6.08. The SMILES string of the molecule is C=C(c1ccc(-c2ccc(-n3ccnc3)cc2O)nn1)[C@@H]1CC2CCC(N2)[C@@H]1F. The van der Waals surface area contributed by atoms with Gasteiger partial charge < -0.3 is 15.0 Å². The standard InChI is InChI=1S/C22H22FN5O/c1-13(17-10-14-2-5-20(25-14)22(17)23)18-6-7-19(27-26-18)16-4-3-15(11-21(16)29)28-9-8-24-12-28/h3-4,6-9,11-12,14,17,20,22,25,29H,1-2,5,10H2/t14?,17-,20?,22+/m0/s1. The zero-order valence-electron chi connectivity index (χ0n) is 15.9. The number of nitrogens with one attached hydrogen (secondary N) is 1. The van der Waals surface area contributed by atoms with Crippen LogP contribution in [-0.2, 0) is 0 Å². The van der Waals surface area contributed by atoms with Crippen molar-refractivity contribution in [2.45, 2.75) is 37.5 Å². The molecular weight excluding hydrogens is 369 g/mol. The van der Waals surface area contributed by atoms with E-state index in [2.05, 4.69) is 27.1 Å². The van der Waals surface area contributed by atoms with Crippen molar-refractivity contribution in [3.05, 3.63) is 61.3 Å². The molecule has 3 aromatic rings. The average Bonchev–Trinajstić information content (AvgIpc) is 3.41. The highest BCUT2D eigenvalue weighted by Gasteiger charge is 2.43. The van der Waals surface area contributed by atoms with Crippen LogP contribution in [0, 0.1) is 5.92 Å². The molecule has 2 N–H and O–H groups in total. The van der Waals surface area contributed by atoms with Crippen LogP contribution in [0.1, 0.15) is 25.0 Å². The number of halogens is 1. The lowest BCUT2D eigenvalue weighted by atomic mass is 9.83. The highest BCUT2D eigenvalue weighted by molar-refractivity contribution is 5.70. The smallest absolute Gasteiger partial charge is 0.127 e. The van der Waals surface area contributed by atoms with Crippen LogP contribution >= 0.6 is 0 Å². The average molecular weight is 391 g/mol. The summed E-state index contributed by atoms with van der Waals surface area (Å²) < 4.78 is 16.6. The van der Waals surface area contributed by atoms with Crippen LogP contribution in [0.3, 0.4) is 0 Å². The van der Waals surface area contributed by atoms with Crippen LogP contribution in [0.15, 0.2) is 55.6 Å². The lowest BCUT2D eigenvalue weighted by Gasteiger charge is -2.33. The first-order chi connectivity index (χ1) is 14.1. The number of phenolic OH excluding ortho intramolecular Hbond substituents is 1. The number of fused-ring (bicyclic) bond motifs is 2. The first kappa shape index (κ1) is 18.0. The summed E-state index contributed by atoms with van der Waals surface area (Å²) >= 11 is 0. The minimum Gasteiger partial charge on any atom is -0.507 e. The van der Waals surface area contributed by atoms with Crippen molar-refractivity contribution in [3.63, 3.8) is 0 Å². The van der Waals surface area contributed by atoms with E-state index in [9.17, 15) is 9.50 Å². The minimum absolute atomic E-state index is 0.0753. The summed E-state index contributed by atoms with van der Waals surface area (Å²) in [5, 5.41) is 22.3. The maximum Gasteiger partial charge on any atom is 0.127 e. The monoisotopic (exact) mass is 391 g/mol. The van der Waals surface area contributed by atoms with Crippen molar-refractivity contribution in [1.82, 2.24) is 25.1 Å². The van der Waals surface area contributed by atoms with Gasteiger partial charge in [-0.2, -0.15) is 5.10 Å². The van der Waals surface area contributed by atoms with E-state index in [4.69, 9.17) is 0 Å². The number of aromatic hydroxyl groups is 1. The fourth-order valence-electron chi connectivity index (χ4n) is 4.48. The van der Waals surface area contributed by atoms with E-state index in [-0.39, 0.29) is 17.7 Å². The maximum absolute atomic E-state index is 14.8. The van der Waals surface area contributed by atoms with Crippen LogP contribution in [0.5, 0.6) is 5.75 Å². The number of piperidine rings is 1. The number of allylic oxidation sites excluding steroid dienone is 1. The predicted molar refractivity (Wildman–Crippen MR) is 108 cm³/mol. The van der Waals surface area contributed by atoms with E-state index >= 15 is 0 Å². The molecule has 6 nitrogen and oxygen atoms in total. The van der Waals surface area contributed by atoms with E-state index in [1.807, 2.05) is 16.7 Å². The second-order valence-electron chi connectivity index (χ2n) is 7.83. The van der Waals surface area contributed by atoms with Crippen molar-refractivity contribution < 1.29 is 9.50 Å². The molecule has 2 unspecified atom stereocenters. The maximum atomic E-state index is 14.8. The first-order valence-electron chi connectivity index (χ1n) is 9.85. The second kappa shape index (κ2) is 7.08. The van der Waals surface area contributed by atoms with E-state index in [1.54, 1.807) is 36.9 Å². The highest BCUT2D eigenvalue weighted by Crippen LogP contribution is 2.39. The Kier molecular flexibility index (Phi) is 4.39. The van der Waals surface area contributed by atoms with Crippen molar-refractivity contribution >= 4 is 5.57 Å². The third kappa shape index (κ3) is 3.21. The number of hydrogen-bond donors (Lipinski definition) is 2. The molecule has 2 aliphatic heterocycles. The summed E-state index contributed by atoms with van der Waals surface area (Å²) in [6.07, 6.45) is 6.86. The number of benzene rings is 1. The van der Waals surface area contributed by atoms with Gasteiger partial charge in [0.15, 0.2) is 0 Å². The van der Waals surface area contributed by atoms with Gasteiger partial charge in [0.05, 0.1) is 23.4 Å². The zero-order valence-corrected chi connectivity index (χ0v) is 15.9.